The Morgan fingerprint density at radius 2 is 1.79 bits per heavy atom. The molecule has 2 N–H and O–H groups in total. The minimum atomic E-state index is -3.74. The van der Waals surface area contributed by atoms with E-state index in [-0.39, 0.29) is 22.4 Å². The molecular formula is C20H21N3O4S2. The summed E-state index contributed by atoms with van der Waals surface area (Å²) in [6.45, 7) is 1.98. The van der Waals surface area contributed by atoms with Crippen molar-refractivity contribution in [2.75, 3.05) is 17.1 Å². The van der Waals surface area contributed by atoms with E-state index in [1.807, 2.05) is 31.2 Å². The average Bonchev–Trinajstić information content (AvgIpc) is 3.15. The van der Waals surface area contributed by atoms with Gasteiger partial charge in [-0.3, -0.25) is 9.52 Å². The molecule has 0 saturated carbocycles. The van der Waals surface area contributed by atoms with Crippen molar-refractivity contribution >= 4 is 38.1 Å². The number of nitrogens with zero attached hydrogens (tertiary/aromatic N) is 1. The van der Waals surface area contributed by atoms with Gasteiger partial charge in [0.2, 0.25) is 5.91 Å². The van der Waals surface area contributed by atoms with Crippen LogP contribution in [0.25, 0.3) is 0 Å². The topological polar surface area (TPSA) is 97.4 Å². The van der Waals surface area contributed by atoms with Crippen molar-refractivity contribution < 1.29 is 17.9 Å². The minimum absolute atomic E-state index is 0.118. The molecule has 1 amide bonds. The molecule has 3 rings (SSSR count). The van der Waals surface area contributed by atoms with Gasteiger partial charge in [0.05, 0.1) is 17.7 Å². The van der Waals surface area contributed by atoms with Crippen LogP contribution in [0.5, 0.6) is 5.75 Å². The monoisotopic (exact) mass is 431 g/mol. The van der Waals surface area contributed by atoms with E-state index < -0.39 is 10.0 Å². The van der Waals surface area contributed by atoms with Gasteiger partial charge < -0.3 is 10.1 Å². The number of methoxy groups -OCH3 is 1. The third-order valence-corrected chi connectivity index (χ3v) is 6.38. The maximum absolute atomic E-state index is 12.5. The summed E-state index contributed by atoms with van der Waals surface area (Å²) in [5.41, 5.74) is 2.52. The van der Waals surface area contributed by atoms with Gasteiger partial charge in [0.15, 0.2) is 5.13 Å². The lowest BCUT2D eigenvalue weighted by Crippen LogP contribution is -2.13. The van der Waals surface area contributed by atoms with Crippen molar-refractivity contribution in [3.63, 3.8) is 0 Å². The van der Waals surface area contributed by atoms with Crippen molar-refractivity contribution in [2.24, 2.45) is 0 Å². The molecule has 2 aromatic carbocycles. The first-order chi connectivity index (χ1) is 13.9. The number of hydrogen-bond donors (Lipinski definition) is 2. The van der Waals surface area contributed by atoms with E-state index in [9.17, 15) is 13.2 Å². The highest BCUT2D eigenvalue weighted by Crippen LogP contribution is 2.22. The Labute approximate surface area is 173 Å². The molecule has 0 unspecified atom stereocenters. The number of aryl methyl sites for hydroxylation is 2. The molecule has 152 valence electrons. The lowest BCUT2D eigenvalue weighted by Gasteiger charge is -2.06. The molecule has 0 saturated heterocycles. The Morgan fingerprint density at radius 3 is 2.45 bits per heavy atom. The Kier molecular flexibility index (Phi) is 6.50. The Bertz CT molecular complexity index is 1080. The highest BCUT2D eigenvalue weighted by molar-refractivity contribution is 7.93. The third-order valence-electron chi connectivity index (χ3n) is 4.09. The summed E-state index contributed by atoms with van der Waals surface area (Å²) in [5, 5.41) is 4.83. The Hall–Kier alpha value is -2.91. The van der Waals surface area contributed by atoms with Crippen LogP contribution in [0, 0.1) is 6.92 Å². The molecule has 0 spiro atoms. The number of rotatable bonds is 8. The van der Waals surface area contributed by atoms with Crippen molar-refractivity contribution in [2.45, 2.75) is 24.7 Å². The highest BCUT2D eigenvalue weighted by Gasteiger charge is 2.16. The normalized spacial score (nSPS) is 11.1. The molecule has 29 heavy (non-hydrogen) atoms. The second kappa shape index (κ2) is 9.06. The maximum atomic E-state index is 12.5. The van der Waals surface area contributed by atoms with Crippen molar-refractivity contribution in [3.8, 4) is 5.75 Å². The molecule has 1 aromatic heterocycles. The predicted molar refractivity (Wildman–Crippen MR) is 114 cm³/mol. The summed E-state index contributed by atoms with van der Waals surface area (Å²) in [5.74, 6) is 0.451. The standard InChI is InChI=1S/C20H21N3O4S2/c1-14-3-5-15(6-4-14)21-19(24)12-7-16-13-28-20(22-16)23-29(25,26)18-10-8-17(27-2)9-11-18/h3-6,8-11,13H,7,12H2,1-2H3,(H,21,24)(H,22,23). The summed E-state index contributed by atoms with van der Waals surface area (Å²) >= 11 is 1.18. The van der Waals surface area contributed by atoms with Crippen LogP contribution < -0.4 is 14.8 Å². The molecular weight excluding hydrogens is 410 g/mol. The molecule has 0 bridgehead atoms. The first-order valence-corrected chi connectivity index (χ1v) is 11.2. The van der Waals surface area contributed by atoms with E-state index in [0.29, 0.717) is 17.9 Å². The number of hydrogen-bond acceptors (Lipinski definition) is 6. The fourth-order valence-electron chi connectivity index (χ4n) is 2.50. The predicted octanol–water partition coefficient (Wildman–Crippen LogP) is 3.83. The zero-order chi connectivity index (χ0) is 20.9. The summed E-state index contributed by atoms with van der Waals surface area (Å²) in [6, 6.07) is 13.6. The number of carbonyl (C=O) groups excluding carboxylic acids is 1. The van der Waals surface area contributed by atoms with Crippen LogP contribution in [-0.2, 0) is 21.2 Å². The van der Waals surface area contributed by atoms with E-state index in [4.69, 9.17) is 4.74 Å². The van der Waals surface area contributed by atoms with Gasteiger partial charge in [-0.05, 0) is 49.7 Å². The number of ether oxygens (including phenoxy) is 1. The van der Waals surface area contributed by atoms with Crippen molar-refractivity contribution in [1.29, 1.82) is 0 Å². The van der Waals surface area contributed by atoms with Gasteiger partial charge in [-0.1, -0.05) is 17.7 Å². The van der Waals surface area contributed by atoms with Gasteiger partial charge in [0.1, 0.15) is 5.75 Å². The minimum Gasteiger partial charge on any atom is -0.497 e. The third kappa shape index (κ3) is 5.78. The number of benzene rings is 2. The highest BCUT2D eigenvalue weighted by atomic mass is 32.2. The lowest BCUT2D eigenvalue weighted by atomic mass is 10.2. The fourth-order valence-corrected chi connectivity index (χ4v) is 4.50. The molecule has 0 aliphatic heterocycles. The van der Waals surface area contributed by atoms with E-state index in [1.54, 1.807) is 17.5 Å². The van der Waals surface area contributed by atoms with Crippen LogP contribution in [0.3, 0.4) is 0 Å². The van der Waals surface area contributed by atoms with Crippen LogP contribution in [-0.4, -0.2) is 26.4 Å². The molecule has 0 aliphatic rings. The van der Waals surface area contributed by atoms with Crippen molar-refractivity contribution in [1.82, 2.24) is 4.98 Å². The number of anilines is 2. The van der Waals surface area contributed by atoms with Gasteiger partial charge in [0, 0.05) is 17.5 Å². The largest absolute Gasteiger partial charge is 0.497 e. The molecule has 0 atom stereocenters. The zero-order valence-corrected chi connectivity index (χ0v) is 17.6. The van der Waals surface area contributed by atoms with Gasteiger partial charge in [-0.15, -0.1) is 11.3 Å². The number of thiazole rings is 1. The van der Waals surface area contributed by atoms with E-state index >= 15 is 0 Å². The van der Waals surface area contributed by atoms with E-state index in [1.165, 1.54) is 30.6 Å². The molecule has 0 fully saturated rings. The number of carbonyl (C=O) groups is 1. The SMILES string of the molecule is COc1ccc(S(=O)(=O)Nc2nc(CCC(=O)Nc3ccc(C)cc3)cs2)cc1. The van der Waals surface area contributed by atoms with Gasteiger partial charge >= 0.3 is 0 Å². The first-order valence-electron chi connectivity index (χ1n) is 8.83. The quantitative estimate of drug-likeness (QED) is 0.565. The van der Waals surface area contributed by atoms with Crippen LogP contribution >= 0.6 is 11.3 Å². The zero-order valence-electron chi connectivity index (χ0n) is 16.0. The summed E-state index contributed by atoms with van der Waals surface area (Å²) in [7, 11) is -2.22. The molecule has 0 radical (unpaired) electrons. The molecule has 3 aromatic rings. The van der Waals surface area contributed by atoms with Crippen LogP contribution in [0.1, 0.15) is 17.7 Å². The summed E-state index contributed by atoms with van der Waals surface area (Å²) in [4.78, 5) is 16.5. The molecule has 9 heteroatoms. The Morgan fingerprint density at radius 1 is 1.10 bits per heavy atom. The number of amides is 1. The number of nitrogens with one attached hydrogen (secondary N) is 2. The lowest BCUT2D eigenvalue weighted by molar-refractivity contribution is -0.116. The van der Waals surface area contributed by atoms with Crippen LogP contribution in [0.2, 0.25) is 0 Å². The van der Waals surface area contributed by atoms with Gasteiger partial charge in [0.25, 0.3) is 10.0 Å². The van der Waals surface area contributed by atoms with E-state index in [0.717, 1.165) is 11.3 Å². The maximum Gasteiger partial charge on any atom is 0.263 e. The Balaban J connectivity index is 1.55. The fraction of sp³-hybridized carbons (Fsp3) is 0.200. The molecule has 7 nitrogen and oxygen atoms in total. The van der Waals surface area contributed by atoms with Crippen molar-refractivity contribution in [3.05, 3.63) is 65.2 Å². The van der Waals surface area contributed by atoms with Crippen LogP contribution in [0.15, 0.2) is 58.8 Å². The smallest absolute Gasteiger partial charge is 0.263 e. The van der Waals surface area contributed by atoms with Gasteiger partial charge in [-0.25, -0.2) is 13.4 Å². The number of sulfonamides is 1. The summed E-state index contributed by atoms with van der Waals surface area (Å²) in [6.07, 6.45) is 0.667. The second-order valence-electron chi connectivity index (χ2n) is 6.34. The average molecular weight is 432 g/mol. The summed E-state index contributed by atoms with van der Waals surface area (Å²) < 4.78 is 32.4. The number of aromatic nitrogens is 1. The second-order valence-corrected chi connectivity index (χ2v) is 8.88. The van der Waals surface area contributed by atoms with Crippen LogP contribution in [0.4, 0.5) is 10.8 Å². The van der Waals surface area contributed by atoms with Gasteiger partial charge in [-0.2, -0.15) is 0 Å². The molecule has 1 heterocycles. The van der Waals surface area contributed by atoms with E-state index in [2.05, 4.69) is 15.0 Å². The molecule has 0 aliphatic carbocycles. The first kappa shape index (κ1) is 20.8.